The summed E-state index contributed by atoms with van der Waals surface area (Å²) in [5.74, 6) is -2.70. The predicted octanol–water partition coefficient (Wildman–Crippen LogP) is 2.67. The van der Waals surface area contributed by atoms with Crippen LogP contribution < -0.4 is 10.1 Å². The molecule has 0 saturated heterocycles. The molecule has 1 aromatic carbocycles. The lowest BCUT2D eigenvalue weighted by Gasteiger charge is -2.12. The third-order valence-electron chi connectivity index (χ3n) is 3.22. The summed E-state index contributed by atoms with van der Waals surface area (Å²) in [6.07, 6.45) is -6.12. The third-order valence-corrected chi connectivity index (χ3v) is 3.22. The number of hydrogen-bond acceptors (Lipinski definition) is 5. The standard InChI is InChI=1S/C16H14F3NO6/c1-24-13(15(22)23)8-20-14(21)12-7-6-10(25-12)9-4-2-3-5-11(9)26-16(17,18)19/h2-7,13H,8H2,1H3,(H,20,21)(H,22,23). The van der Waals surface area contributed by atoms with Crippen LogP contribution in [-0.4, -0.2) is 43.1 Å². The molecule has 7 nitrogen and oxygen atoms in total. The van der Waals surface area contributed by atoms with Crippen molar-refractivity contribution in [3.05, 3.63) is 42.2 Å². The van der Waals surface area contributed by atoms with E-state index in [0.29, 0.717) is 0 Å². The van der Waals surface area contributed by atoms with Gasteiger partial charge in [0, 0.05) is 7.11 Å². The second-order valence-electron chi connectivity index (χ2n) is 4.98. The Kier molecular flexibility index (Phi) is 5.88. The van der Waals surface area contributed by atoms with Crippen molar-refractivity contribution in [1.82, 2.24) is 5.32 Å². The molecule has 2 N–H and O–H groups in total. The van der Waals surface area contributed by atoms with Crippen LogP contribution in [0.2, 0.25) is 0 Å². The van der Waals surface area contributed by atoms with Gasteiger partial charge in [-0.05, 0) is 24.3 Å². The molecule has 0 fully saturated rings. The summed E-state index contributed by atoms with van der Waals surface area (Å²) < 4.78 is 51.3. The number of hydrogen-bond donors (Lipinski definition) is 2. The number of benzene rings is 1. The van der Waals surface area contributed by atoms with E-state index in [1.807, 2.05) is 0 Å². The van der Waals surface area contributed by atoms with Gasteiger partial charge >= 0.3 is 12.3 Å². The molecular formula is C16H14F3NO6. The zero-order chi connectivity index (χ0) is 19.3. The molecule has 0 spiro atoms. The number of furan rings is 1. The Morgan fingerprint density at radius 3 is 2.54 bits per heavy atom. The second-order valence-corrected chi connectivity index (χ2v) is 4.98. The molecule has 1 atom stereocenters. The monoisotopic (exact) mass is 373 g/mol. The van der Waals surface area contributed by atoms with Gasteiger partial charge in [-0.2, -0.15) is 0 Å². The van der Waals surface area contributed by atoms with E-state index >= 15 is 0 Å². The van der Waals surface area contributed by atoms with Gasteiger partial charge in [0.05, 0.1) is 12.1 Å². The van der Waals surface area contributed by atoms with Gasteiger partial charge in [-0.3, -0.25) is 4.79 Å². The van der Waals surface area contributed by atoms with Crippen LogP contribution in [0.1, 0.15) is 10.6 Å². The van der Waals surface area contributed by atoms with Crippen LogP contribution in [0.3, 0.4) is 0 Å². The zero-order valence-electron chi connectivity index (χ0n) is 13.4. The second kappa shape index (κ2) is 7.91. The molecule has 26 heavy (non-hydrogen) atoms. The highest BCUT2D eigenvalue weighted by atomic mass is 19.4. The lowest BCUT2D eigenvalue weighted by molar-refractivity contribution is -0.274. The topological polar surface area (TPSA) is 98.0 Å². The fourth-order valence-corrected chi connectivity index (χ4v) is 2.03. The highest BCUT2D eigenvalue weighted by molar-refractivity contribution is 5.92. The van der Waals surface area contributed by atoms with Gasteiger partial charge in [0.25, 0.3) is 5.91 Å². The summed E-state index contributed by atoms with van der Waals surface area (Å²) in [5.41, 5.74) is 0.00387. The summed E-state index contributed by atoms with van der Waals surface area (Å²) >= 11 is 0. The lowest BCUT2D eigenvalue weighted by Crippen LogP contribution is -2.37. The van der Waals surface area contributed by atoms with Crippen molar-refractivity contribution in [2.75, 3.05) is 13.7 Å². The maximum atomic E-state index is 12.5. The fourth-order valence-electron chi connectivity index (χ4n) is 2.03. The smallest absolute Gasteiger partial charge is 0.479 e. The number of rotatable bonds is 7. The van der Waals surface area contributed by atoms with E-state index in [2.05, 4.69) is 14.8 Å². The number of carbonyl (C=O) groups excluding carboxylic acids is 1. The van der Waals surface area contributed by atoms with Crippen LogP contribution in [0.25, 0.3) is 11.3 Å². The van der Waals surface area contributed by atoms with Crippen molar-refractivity contribution in [3.63, 3.8) is 0 Å². The number of nitrogens with one attached hydrogen (secondary N) is 1. The van der Waals surface area contributed by atoms with Gasteiger partial charge in [0.1, 0.15) is 11.5 Å². The number of carboxylic acids is 1. The number of para-hydroxylation sites is 1. The maximum absolute atomic E-state index is 12.5. The first-order valence-electron chi connectivity index (χ1n) is 7.20. The van der Waals surface area contributed by atoms with E-state index in [1.54, 1.807) is 0 Å². The third kappa shape index (κ3) is 4.99. The van der Waals surface area contributed by atoms with Crippen molar-refractivity contribution in [3.8, 4) is 17.1 Å². The Bertz CT molecular complexity index is 786. The van der Waals surface area contributed by atoms with E-state index in [0.717, 1.165) is 6.07 Å². The molecule has 2 aromatic rings. The van der Waals surface area contributed by atoms with Gasteiger partial charge in [0.15, 0.2) is 11.9 Å². The molecule has 0 aliphatic heterocycles. The summed E-state index contributed by atoms with van der Waals surface area (Å²) in [6, 6.07) is 7.85. The van der Waals surface area contributed by atoms with Crippen molar-refractivity contribution in [2.45, 2.75) is 12.5 Å². The first kappa shape index (κ1) is 19.3. The zero-order valence-corrected chi connectivity index (χ0v) is 13.4. The SMILES string of the molecule is COC(CNC(=O)c1ccc(-c2ccccc2OC(F)(F)F)o1)C(=O)O. The average Bonchev–Trinajstić information content (AvgIpc) is 3.04. The number of alkyl halides is 3. The lowest BCUT2D eigenvalue weighted by atomic mass is 10.1. The van der Waals surface area contributed by atoms with Crippen LogP contribution in [0.5, 0.6) is 5.75 Å². The molecule has 1 aromatic heterocycles. The molecule has 1 unspecified atom stereocenters. The number of halogens is 3. The first-order chi connectivity index (χ1) is 12.2. The van der Waals surface area contributed by atoms with Crippen LogP contribution >= 0.6 is 0 Å². The summed E-state index contributed by atoms with van der Waals surface area (Å²) in [7, 11) is 1.17. The number of carbonyl (C=O) groups is 2. The van der Waals surface area contributed by atoms with Crippen LogP contribution in [-0.2, 0) is 9.53 Å². The molecule has 1 heterocycles. The fraction of sp³-hybridized carbons (Fsp3) is 0.250. The van der Waals surface area contributed by atoms with E-state index in [-0.39, 0.29) is 23.6 Å². The van der Waals surface area contributed by atoms with E-state index in [4.69, 9.17) is 9.52 Å². The van der Waals surface area contributed by atoms with Crippen molar-refractivity contribution < 1.29 is 41.8 Å². The summed E-state index contributed by atoms with van der Waals surface area (Å²) in [6.45, 7) is -0.311. The van der Waals surface area contributed by atoms with E-state index in [9.17, 15) is 22.8 Å². The molecule has 0 saturated carbocycles. The molecule has 1 amide bonds. The number of methoxy groups -OCH3 is 1. The molecule has 2 rings (SSSR count). The van der Waals surface area contributed by atoms with Crippen molar-refractivity contribution in [1.29, 1.82) is 0 Å². The molecule has 0 aliphatic rings. The number of amides is 1. The normalized spacial score (nSPS) is 12.5. The van der Waals surface area contributed by atoms with Gasteiger partial charge in [0.2, 0.25) is 0 Å². The minimum atomic E-state index is -4.88. The van der Waals surface area contributed by atoms with Crippen LogP contribution in [0.4, 0.5) is 13.2 Å². The molecule has 140 valence electrons. The molecule has 10 heteroatoms. The van der Waals surface area contributed by atoms with Gasteiger partial charge in [-0.25, -0.2) is 4.79 Å². The molecule has 0 radical (unpaired) electrons. The maximum Gasteiger partial charge on any atom is 0.573 e. The minimum absolute atomic E-state index is 0.00387. The number of carboxylic acid groups (broad SMARTS) is 1. The predicted molar refractivity (Wildman–Crippen MR) is 81.6 cm³/mol. The first-order valence-corrected chi connectivity index (χ1v) is 7.20. The van der Waals surface area contributed by atoms with Gasteiger partial charge in [-0.1, -0.05) is 12.1 Å². The molecule has 0 aliphatic carbocycles. The Morgan fingerprint density at radius 2 is 1.92 bits per heavy atom. The van der Waals surface area contributed by atoms with E-state index in [1.165, 1.54) is 37.4 Å². The van der Waals surface area contributed by atoms with E-state index < -0.39 is 30.1 Å². The summed E-state index contributed by atoms with van der Waals surface area (Å²) in [4.78, 5) is 22.8. The Balaban J connectivity index is 2.15. The highest BCUT2D eigenvalue weighted by Gasteiger charge is 2.32. The number of aliphatic carboxylic acids is 1. The Morgan fingerprint density at radius 1 is 1.23 bits per heavy atom. The summed E-state index contributed by atoms with van der Waals surface area (Å²) in [5, 5.41) is 11.1. The van der Waals surface area contributed by atoms with Gasteiger partial charge < -0.3 is 24.3 Å². The Labute approximate surface area is 145 Å². The molecular weight excluding hydrogens is 359 g/mol. The van der Waals surface area contributed by atoms with Crippen molar-refractivity contribution in [2.24, 2.45) is 0 Å². The molecule has 0 bridgehead atoms. The largest absolute Gasteiger partial charge is 0.573 e. The van der Waals surface area contributed by atoms with Crippen molar-refractivity contribution >= 4 is 11.9 Å². The Hall–Kier alpha value is -3.01. The number of ether oxygens (including phenoxy) is 2. The quantitative estimate of drug-likeness (QED) is 0.774. The van der Waals surface area contributed by atoms with Crippen LogP contribution in [0.15, 0.2) is 40.8 Å². The van der Waals surface area contributed by atoms with Gasteiger partial charge in [-0.15, -0.1) is 13.2 Å². The average molecular weight is 373 g/mol. The van der Waals surface area contributed by atoms with Crippen LogP contribution in [0, 0.1) is 0 Å². The minimum Gasteiger partial charge on any atom is -0.479 e. The highest BCUT2D eigenvalue weighted by Crippen LogP contribution is 2.34.